The van der Waals surface area contributed by atoms with E-state index in [0.29, 0.717) is 6.42 Å². The molecule has 0 saturated carbocycles. The molecule has 0 spiro atoms. The number of aliphatic hydroxyl groups excluding tert-OH is 1. The van der Waals surface area contributed by atoms with Crippen molar-refractivity contribution in [3.05, 3.63) is 12.7 Å². The monoisotopic (exact) mass is 230 g/mol. The Morgan fingerprint density at radius 1 is 1.38 bits per heavy atom. The van der Waals surface area contributed by atoms with Crippen LogP contribution in [-0.2, 0) is 19.1 Å². The molecule has 0 aromatic heterocycles. The van der Waals surface area contributed by atoms with Gasteiger partial charge in [-0.05, 0) is 13.3 Å². The Balaban J connectivity index is 4.14. The summed E-state index contributed by atoms with van der Waals surface area (Å²) in [7, 11) is 0. The first kappa shape index (κ1) is 14.6. The Morgan fingerprint density at radius 3 is 2.50 bits per heavy atom. The quantitative estimate of drug-likeness (QED) is 0.514. The molecule has 0 radical (unpaired) electrons. The molecule has 2 atom stereocenters. The lowest BCUT2D eigenvalue weighted by Crippen LogP contribution is -2.35. The Morgan fingerprint density at radius 2 is 2.00 bits per heavy atom. The summed E-state index contributed by atoms with van der Waals surface area (Å²) in [5.41, 5.74) is 0. The summed E-state index contributed by atoms with van der Waals surface area (Å²) >= 11 is 0. The summed E-state index contributed by atoms with van der Waals surface area (Å²) < 4.78 is 9.42. The van der Waals surface area contributed by atoms with Gasteiger partial charge in [0.1, 0.15) is 6.61 Å². The number of esters is 2. The highest BCUT2D eigenvalue weighted by Gasteiger charge is 2.30. The first-order valence-corrected chi connectivity index (χ1v) is 5.16. The minimum absolute atomic E-state index is 0.0555. The lowest BCUT2D eigenvalue weighted by Gasteiger charge is -2.15. The van der Waals surface area contributed by atoms with Gasteiger partial charge in [0.15, 0.2) is 6.10 Å². The smallest absolute Gasteiger partial charge is 0.335 e. The Bertz CT molecular complexity index is 249. The van der Waals surface area contributed by atoms with E-state index in [4.69, 9.17) is 9.47 Å². The number of aliphatic hydroxyl groups is 1. The molecule has 1 N–H and O–H groups in total. The van der Waals surface area contributed by atoms with Gasteiger partial charge in [-0.3, -0.25) is 4.79 Å². The molecule has 0 aliphatic carbocycles. The zero-order chi connectivity index (χ0) is 12.6. The fourth-order valence-corrected chi connectivity index (χ4v) is 0.894. The van der Waals surface area contributed by atoms with Gasteiger partial charge in [0.25, 0.3) is 0 Å². The van der Waals surface area contributed by atoms with E-state index in [-0.39, 0.29) is 13.2 Å². The van der Waals surface area contributed by atoms with Crippen molar-refractivity contribution in [2.45, 2.75) is 26.4 Å². The molecule has 0 fully saturated rings. The SMILES string of the molecule is C=CCOC(=O)[C@@H](C)[C@H](O)C(=O)OCCC. The third-order valence-corrected chi connectivity index (χ3v) is 1.88. The topological polar surface area (TPSA) is 72.8 Å². The van der Waals surface area contributed by atoms with Gasteiger partial charge in [-0.1, -0.05) is 19.6 Å². The Labute approximate surface area is 95.0 Å². The highest BCUT2D eigenvalue weighted by molar-refractivity contribution is 5.83. The predicted molar refractivity (Wildman–Crippen MR) is 57.6 cm³/mol. The molecule has 0 bridgehead atoms. The van der Waals surface area contributed by atoms with E-state index in [1.807, 2.05) is 6.92 Å². The van der Waals surface area contributed by atoms with Crippen LogP contribution in [0, 0.1) is 5.92 Å². The maximum absolute atomic E-state index is 11.3. The van der Waals surface area contributed by atoms with Crippen molar-refractivity contribution < 1.29 is 24.2 Å². The molecule has 0 heterocycles. The van der Waals surface area contributed by atoms with E-state index in [0.717, 1.165) is 0 Å². The van der Waals surface area contributed by atoms with Crippen molar-refractivity contribution in [3.63, 3.8) is 0 Å². The van der Waals surface area contributed by atoms with Crippen LogP contribution >= 0.6 is 0 Å². The van der Waals surface area contributed by atoms with Gasteiger partial charge in [-0.25, -0.2) is 4.79 Å². The summed E-state index contributed by atoms with van der Waals surface area (Å²) in [6.07, 6.45) is 0.587. The molecule has 0 aromatic rings. The largest absolute Gasteiger partial charge is 0.464 e. The number of ether oxygens (including phenoxy) is 2. The third-order valence-electron chi connectivity index (χ3n) is 1.88. The van der Waals surface area contributed by atoms with Gasteiger partial charge in [-0.15, -0.1) is 0 Å². The summed E-state index contributed by atoms with van der Waals surface area (Å²) in [4.78, 5) is 22.5. The van der Waals surface area contributed by atoms with E-state index in [1.165, 1.54) is 13.0 Å². The van der Waals surface area contributed by atoms with Crippen LogP contribution in [0.1, 0.15) is 20.3 Å². The minimum Gasteiger partial charge on any atom is -0.464 e. The zero-order valence-electron chi connectivity index (χ0n) is 9.64. The van der Waals surface area contributed by atoms with Crippen LogP contribution in [0.25, 0.3) is 0 Å². The van der Waals surface area contributed by atoms with Crippen molar-refractivity contribution in [1.29, 1.82) is 0 Å². The first-order chi connectivity index (χ1) is 7.54. The maximum Gasteiger partial charge on any atom is 0.335 e. The molecule has 92 valence electrons. The molecule has 0 aromatic carbocycles. The summed E-state index contributed by atoms with van der Waals surface area (Å²) in [6.45, 7) is 6.90. The van der Waals surface area contributed by atoms with Crippen molar-refractivity contribution in [2.75, 3.05) is 13.2 Å². The second-order valence-corrected chi connectivity index (χ2v) is 3.32. The minimum atomic E-state index is -1.48. The van der Waals surface area contributed by atoms with E-state index in [9.17, 15) is 14.7 Å². The zero-order valence-corrected chi connectivity index (χ0v) is 9.64. The summed E-state index contributed by atoms with van der Waals surface area (Å²) in [5.74, 6) is -2.39. The second kappa shape index (κ2) is 7.87. The average molecular weight is 230 g/mol. The van der Waals surface area contributed by atoms with Crippen LogP contribution in [0.15, 0.2) is 12.7 Å². The Kier molecular flexibility index (Phi) is 7.20. The fraction of sp³-hybridized carbons (Fsp3) is 0.636. The van der Waals surface area contributed by atoms with E-state index >= 15 is 0 Å². The van der Waals surface area contributed by atoms with E-state index < -0.39 is 24.0 Å². The Hall–Kier alpha value is -1.36. The van der Waals surface area contributed by atoms with Crippen LogP contribution < -0.4 is 0 Å². The van der Waals surface area contributed by atoms with Crippen molar-refractivity contribution in [2.24, 2.45) is 5.92 Å². The molecule has 0 rings (SSSR count). The van der Waals surface area contributed by atoms with Gasteiger partial charge in [0, 0.05) is 0 Å². The summed E-state index contributed by atoms with van der Waals surface area (Å²) in [5, 5.41) is 9.48. The molecule has 16 heavy (non-hydrogen) atoms. The molecular formula is C11H18O5. The molecular weight excluding hydrogens is 212 g/mol. The lowest BCUT2D eigenvalue weighted by atomic mass is 10.1. The number of hydrogen-bond donors (Lipinski definition) is 1. The third kappa shape index (κ3) is 4.93. The van der Waals surface area contributed by atoms with Crippen molar-refractivity contribution in [3.8, 4) is 0 Å². The van der Waals surface area contributed by atoms with E-state index in [1.54, 1.807) is 0 Å². The summed E-state index contributed by atoms with van der Waals surface area (Å²) in [6, 6.07) is 0. The predicted octanol–water partition coefficient (Wildman–Crippen LogP) is 0.666. The van der Waals surface area contributed by atoms with Crippen molar-refractivity contribution in [1.82, 2.24) is 0 Å². The fourth-order valence-electron chi connectivity index (χ4n) is 0.894. The number of carbonyl (C=O) groups excluding carboxylic acids is 2. The van der Waals surface area contributed by atoms with Crippen molar-refractivity contribution >= 4 is 11.9 Å². The van der Waals surface area contributed by atoms with Crippen LogP contribution in [0.2, 0.25) is 0 Å². The normalized spacial score (nSPS) is 13.7. The molecule has 5 heteroatoms. The van der Waals surface area contributed by atoms with Gasteiger partial charge < -0.3 is 14.6 Å². The molecule has 5 nitrogen and oxygen atoms in total. The molecule has 0 aliphatic rings. The highest BCUT2D eigenvalue weighted by atomic mass is 16.6. The van der Waals surface area contributed by atoms with Gasteiger partial charge in [0.2, 0.25) is 0 Å². The van der Waals surface area contributed by atoms with Crippen LogP contribution in [0.3, 0.4) is 0 Å². The molecule has 0 saturated heterocycles. The highest BCUT2D eigenvalue weighted by Crippen LogP contribution is 2.07. The van der Waals surface area contributed by atoms with Crippen LogP contribution in [0.4, 0.5) is 0 Å². The number of hydrogen-bond acceptors (Lipinski definition) is 5. The van der Waals surface area contributed by atoms with Gasteiger partial charge in [0.05, 0.1) is 12.5 Å². The average Bonchev–Trinajstić information content (AvgIpc) is 2.30. The molecule has 0 unspecified atom stereocenters. The standard InChI is InChI=1S/C11H18O5/c1-4-6-15-10(13)8(3)9(12)11(14)16-7-5-2/h4,8-9,12H,1,5-7H2,2-3H3/t8-,9-/m0/s1. The van der Waals surface area contributed by atoms with Crippen LogP contribution in [0.5, 0.6) is 0 Å². The van der Waals surface area contributed by atoms with E-state index in [2.05, 4.69) is 6.58 Å². The van der Waals surface area contributed by atoms with Crippen LogP contribution in [-0.4, -0.2) is 36.4 Å². The number of rotatable bonds is 7. The first-order valence-electron chi connectivity index (χ1n) is 5.16. The van der Waals surface area contributed by atoms with Gasteiger partial charge >= 0.3 is 11.9 Å². The number of carbonyl (C=O) groups is 2. The molecule has 0 aliphatic heterocycles. The van der Waals surface area contributed by atoms with Gasteiger partial charge in [-0.2, -0.15) is 0 Å². The maximum atomic E-state index is 11.3. The second-order valence-electron chi connectivity index (χ2n) is 3.32. The molecule has 0 amide bonds. The lowest BCUT2D eigenvalue weighted by molar-refractivity contribution is -0.165.